The third-order valence-corrected chi connectivity index (χ3v) is 6.21. The molecule has 5 nitrogen and oxygen atoms in total. The number of amides is 2. The van der Waals surface area contributed by atoms with Crippen molar-refractivity contribution in [1.82, 2.24) is 10.2 Å². The number of terminal acetylenes is 1. The Bertz CT molecular complexity index is 1140. The number of hydrogen-bond acceptors (Lipinski definition) is 3. The van der Waals surface area contributed by atoms with Crippen LogP contribution in [0.4, 0.5) is 13.2 Å². The molecule has 2 aromatic carbocycles. The predicted octanol–water partition coefficient (Wildman–Crippen LogP) is 4.67. The van der Waals surface area contributed by atoms with Crippen molar-refractivity contribution < 1.29 is 27.5 Å². The molecule has 1 aliphatic heterocycles. The maximum atomic E-state index is 13.2. The molecule has 34 heavy (non-hydrogen) atoms. The summed E-state index contributed by atoms with van der Waals surface area (Å²) in [5, 5.41) is 3.32. The first-order chi connectivity index (χ1) is 16.1. The zero-order chi connectivity index (χ0) is 24.5. The monoisotopic (exact) mass is 490 g/mol. The molecule has 2 fully saturated rings. The van der Waals surface area contributed by atoms with Crippen LogP contribution in [0.25, 0.3) is 0 Å². The number of carbonyl (C=O) groups excluding carboxylic acids is 2. The van der Waals surface area contributed by atoms with Crippen LogP contribution in [0.3, 0.4) is 0 Å². The molecule has 1 saturated carbocycles. The molecule has 1 heterocycles. The number of nitrogens with zero attached hydrogens (tertiary/aromatic N) is 1. The van der Waals surface area contributed by atoms with Gasteiger partial charge in [0.15, 0.2) is 5.60 Å². The SMILES string of the molecule is C#Cc1cc(C(=O)NC2CCCN(C(=O)C3(Oc4ccc(Cl)cc4)CC3)C2)cc(C(F)(F)F)c1. The zero-order valence-electron chi connectivity index (χ0n) is 18.1. The molecule has 0 aromatic heterocycles. The average molecular weight is 491 g/mol. The van der Waals surface area contributed by atoms with E-state index >= 15 is 0 Å². The third-order valence-electron chi connectivity index (χ3n) is 5.95. The summed E-state index contributed by atoms with van der Waals surface area (Å²) in [4.78, 5) is 27.6. The molecule has 2 aliphatic rings. The van der Waals surface area contributed by atoms with E-state index in [1.807, 2.05) is 0 Å². The fourth-order valence-corrected chi connectivity index (χ4v) is 4.17. The van der Waals surface area contributed by atoms with E-state index in [0.717, 1.165) is 12.1 Å². The largest absolute Gasteiger partial charge is 0.477 e. The minimum Gasteiger partial charge on any atom is -0.477 e. The molecule has 4 rings (SSSR count). The van der Waals surface area contributed by atoms with Crippen LogP contribution in [0.1, 0.15) is 47.2 Å². The molecule has 9 heteroatoms. The van der Waals surface area contributed by atoms with Crippen LogP contribution in [0.5, 0.6) is 5.75 Å². The number of rotatable bonds is 5. The standard InChI is InChI=1S/C25H22ClF3N2O3/c1-2-16-12-17(14-18(13-16)25(27,28)29)22(32)30-20-4-3-11-31(15-20)23(33)24(9-10-24)34-21-7-5-19(26)6-8-21/h1,5-8,12-14,20H,3-4,9-11,15H2,(H,30,32). The van der Waals surface area contributed by atoms with Gasteiger partial charge in [0.05, 0.1) is 5.56 Å². The summed E-state index contributed by atoms with van der Waals surface area (Å²) in [5.74, 6) is 1.88. The molecule has 1 N–H and O–H groups in total. The van der Waals surface area contributed by atoms with Gasteiger partial charge in [0, 0.05) is 48.1 Å². The van der Waals surface area contributed by atoms with Gasteiger partial charge < -0.3 is 15.0 Å². The molecule has 1 unspecified atom stereocenters. The Labute approximate surface area is 200 Å². The molecular formula is C25H22ClF3N2O3. The number of ether oxygens (including phenoxy) is 1. The Morgan fingerprint density at radius 2 is 1.88 bits per heavy atom. The first-order valence-electron chi connectivity index (χ1n) is 10.8. The summed E-state index contributed by atoms with van der Waals surface area (Å²) in [6.45, 7) is 0.763. The predicted molar refractivity (Wildman–Crippen MR) is 120 cm³/mol. The Hall–Kier alpha value is -3.18. The Balaban J connectivity index is 1.42. The maximum absolute atomic E-state index is 13.2. The molecule has 0 spiro atoms. The topological polar surface area (TPSA) is 58.6 Å². The highest BCUT2D eigenvalue weighted by molar-refractivity contribution is 6.30. The summed E-state index contributed by atoms with van der Waals surface area (Å²) < 4.78 is 45.5. The molecule has 0 radical (unpaired) electrons. The molecule has 1 saturated heterocycles. The van der Waals surface area contributed by atoms with Gasteiger partial charge in [-0.25, -0.2) is 0 Å². The molecule has 1 aliphatic carbocycles. The number of halogens is 4. The Morgan fingerprint density at radius 1 is 1.18 bits per heavy atom. The highest BCUT2D eigenvalue weighted by atomic mass is 35.5. The van der Waals surface area contributed by atoms with Crippen molar-refractivity contribution in [3.8, 4) is 18.1 Å². The molecule has 2 amide bonds. The zero-order valence-corrected chi connectivity index (χ0v) is 18.9. The highest BCUT2D eigenvalue weighted by Gasteiger charge is 2.55. The maximum Gasteiger partial charge on any atom is 0.416 e. The quantitative estimate of drug-likeness (QED) is 0.620. The summed E-state index contributed by atoms with van der Waals surface area (Å²) in [5.41, 5.74) is -2.11. The van der Waals surface area contributed by atoms with E-state index in [2.05, 4.69) is 11.2 Å². The smallest absolute Gasteiger partial charge is 0.416 e. The summed E-state index contributed by atoms with van der Waals surface area (Å²) >= 11 is 5.90. The lowest BCUT2D eigenvalue weighted by Crippen LogP contribution is -2.53. The fraction of sp³-hybridized carbons (Fsp3) is 0.360. The van der Waals surface area contributed by atoms with Crippen molar-refractivity contribution in [3.63, 3.8) is 0 Å². The van der Waals surface area contributed by atoms with Crippen molar-refractivity contribution in [2.45, 2.75) is 43.5 Å². The first kappa shape index (κ1) is 24.0. The second-order valence-electron chi connectivity index (χ2n) is 8.56. The van der Waals surface area contributed by atoms with Gasteiger partial charge >= 0.3 is 6.18 Å². The van der Waals surface area contributed by atoms with Gasteiger partial charge in [-0.15, -0.1) is 6.42 Å². The van der Waals surface area contributed by atoms with E-state index < -0.39 is 29.3 Å². The Morgan fingerprint density at radius 3 is 2.50 bits per heavy atom. The highest BCUT2D eigenvalue weighted by Crippen LogP contribution is 2.42. The van der Waals surface area contributed by atoms with E-state index in [9.17, 15) is 22.8 Å². The number of alkyl halides is 3. The van der Waals surface area contributed by atoms with Gasteiger partial charge in [0.1, 0.15) is 5.75 Å². The van der Waals surface area contributed by atoms with Crippen molar-refractivity contribution in [3.05, 3.63) is 64.2 Å². The van der Waals surface area contributed by atoms with Crippen LogP contribution < -0.4 is 10.1 Å². The number of carbonyl (C=O) groups is 2. The van der Waals surface area contributed by atoms with E-state index in [4.69, 9.17) is 22.8 Å². The minimum atomic E-state index is -4.63. The number of likely N-dealkylation sites (tertiary alicyclic amines) is 1. The van der Waals surface area contributed by atoms with Crippen molar-refractivity contribution in [2.75, 3.05) is 13.1 Å². The molecule has 2 aromatic rings. The van der Waals surface area contributed by atoms with Gasteiger partial charge in [-0.05, 0) is 55.3 Å². The van der Waals surface area contributed by atoms with E-state index in [0.29, 0.717) is 43.0 Å². The second-order valence-corrected chi connectivity index (χ2v) is 8.99. The second kappa shape index (κ2) is 9.22. The van der Waals surface area contributed by atoms with Crippen LogP contribution in [-0.4, -0.2) is 41.4 Å². The number of benzene rings is 2. The van der Waals surface area contributed by atoms with Crippen LogP contribution in [0.15, 0.2) is 42.5 Å². The van der Waals surface area contributed by atoms with Crippen molar-refractivity contribution in [2.24, 2.45) is 0 Å². The van der Waals surface area contributed by atoms with Crippen LogP contribution in [0.2, 0.25) is 5.02 Å². The average Bonchev–Trinajstić information content (AvgIpc) is 3.60. The molecule has 1 atom stereocenters. The third kappa shape index (κ3) is 5.31. The van der Waals surface area contributed by atoms with Gasteiger partial charge in [-0.3, -0.25) is 9.59 Å². The number of hydrogen-bond donors (Lipinski definition) is 1. The van der Waals surface area contributed by atoms with Crippen LogP contribution in [0, 0.1) is 12.3 Å². The van der Waals surface area contributed by atoms with Gasteiger partial charge in [0.2, 0.25) is 0 Å². The van der Waals surface area contributed by atoms with E-state index in [1.54, 1.807) is 29.2 Å². The normalized spacial score (nSPS) is 19.1. The fourth-order valence-electron chi connectivity index (χ4n) is 4.04. The van der Waals surface area contributed by atoms with E-state index in [1.165, 1.54) is 6.07 Å². The molecule has 178 valence electrons. The first-order valence-corrected chi connectivity index (χ1v) is 11.2. The lowest BCUT2D eigenvalue weighted by Gasteiger charge is -2.35. The van der Waals surface area contributed by atoms with E-state index in [-0.39, 0.29) is 23.6 Å². The number of nitrogens with one attached hydrogen (secondary N) is 1. The summed E-state index contributed by atoms with van der Waals surface area (Å²) in [6.07, 6.45) is 3.05. The summed E-state index contributed by atoms with van der Waals surface area (Å²) in [7, 11) is 0. The number of piperidine rings is 1. The van der Waals surface area contributed by atoms with Gasteiger partial charge in [-0.2, -0.15) is 13.2 Å². The van der Waals surface area contributed by atoms with Gasteiger partial charge in [0.25, 0.3) is 11.8 Å². The van der Waals surface area contributed by atoms with Crippen molar-refractivity contribution >= 4 is 23.4 Å². The van der Waals surface area contributed by atoms with Crippen LogP contribution >= 0.6 is 11.6 Å². The van der Waals surface area contributed by atoms with Gasteiger partial charge in [-0.1, -0.05) is 17.5 Å². The van der Waals surface area contributed by atoms with Crippen molar-refractivity contribution in [1.29, 1.82) is 0 Å². The molecular weight excluding hydrogens is 469 g/mol. The molecule has 0 bridgehead atoms. The minimum absolute atomic E-state index is 0.0320. The summed E-state index contributed by atoms with van der Waals surface area (Å²) in [6, 6.07) is 9.22. The Kier molecular flexibility index (Phi) is 6.50. The lowest BCUT2D eigenvalue weighted by atomic mass is 10.0. The lowest BCUT2D eigenvalue weighted by molar-refractivity contribution is -0.142. The van der Waals surface area contributed by atoms with Crippen LogP contribution in [-0.2, 0) is 11.0 Å².